The molecule has 0 bridgehead atoms. The zero-order chi connectivity index (χ0) is 23.5. The van der Waals surface area contributed by atoms with E-state index in [1.54, 1.807) is 28.6 Å². The van der Waals surface area contributed by atoms with Crippen LogP contribution in [0.1, 0.15) is 40.4 Å². The molecule has 1 amide bonds. The molecule has 1 aliphatic heterocycles. The van der Waals surface area contributed by atoms with Crippen molar-refractivity contribution >= 4 is 27.4 Å². The highest BCUT2D eigenvalue weighted by molar-refractivity contribution is 7.89. The monoisotopic (exact) mass is 457 g/mol. The van der Waals surface area contributed by atoms with Crippen molar-refractivity contribution in [2.45, 2.75) is 39.0 Å². The van der Waals surface area contributed by atoms with Gasteiger partial charge < -0.3 is 10.2 Å². The van der Waals surface area contributed by atoms with Gasteiger partial charge in [0.2, 0.25) is 15.9 Å². The van der Waals surface area contributed by atoms with Crippen LogP contribution >= 0.6 is 0 Å². The minimum absolute atomic E-state index is 0.0169. The lowest BCUT2D eigenvalue weighted by Crippen LogP contribution is -2.49. The van der Waals surface area contributed by atoms with E-state index in [9.17, 15) is 18.0 Å². The summed E-state index contributed by atoms with van der Waals surface area (Å²) in [6.45, 7) is 9.70. The molecular formula is C24H31N3O4S. The molecule has 0 aliphatic carbocycles. The molecule has 32 heavy (non-hydrogen) atoms. The summed E-state index contributed by atoms with van der Waals surface area (Å²) in [7, 11) is -3.54. The third-order valence-electron chi connectivity index (χ3n) is 5.76. The molecule has 0 saturated carbocycles. The fourth-order valence-corrected chi connectivity index (χ4v) is 6.00. The van der Waals surface area contributed by atoms with E-state index in [-0.39, 0.29) is 11.7 Å². The minimum atomic E-state index is -3.54. The number of ketones is 1. The largest absolute Gasteiger partial charge is 0.326 e. The number of hydrogen-bond acceptors (Lipinski definition) is 5. The summed E-state index contributed by atoms with van der Waals surface area (Å²) < 4.78 is 28.0. The van der Waals surface area contributed by atoms with Crippen LogP contribution in [-0.4, -0.2) is 62.0 Å². The van der Waals surface area contributed by atoms with E-state index in [4.69, 9.17) is 0 Å². The number of Topliss-reactive ketones (excluding diaryl/α,β-unsaturated/α-hetero) is 1. The van der Waals surface area contributed by atoms with Crippen molar-refractivity contribution < 1.29 is 18.0 Å². The predicted molar refractivity (Wildman–Crippen MR) is 126 cm³/mol. The number of carbonyl (C=O) groups is 2. The Kier molecular flexibility index (Phi) is 7.48. The highest BCUT2D eigenvalue weighted by atomic mass is 32.2. The summed E-state index contributed by atoms with van der Waals surface area (Å²) in [5.74, 6) is -0.127. The molecule has 0 radical (unpaired) electrons. The SMILES string of the molecule is CC(=O)c1ccc(NC(=O)CCN2CCN(S(=O)(=O)c3c(C)cc(C)cc3C)CC2)cc1. The Morgan fingerprint density at radius 1 is 0.938 bits per heavy atom. The lowest BCUT2D eigenvalue weighted by Gasteiger charge is -2.34. The van der Waals surface area contributed by atoms with Gasteiger partial charge in [0.1, 0.15) is 0 Å². The quantitative estimate of drug-likeness (QED) is 0.646. The second-order valence-electron chi connectivity index (χ2n) is 8.41. The summed E-state index contributed by atoms with van der Waals surface area (Å²) in [5, 5.41) is 2.84. The third kappa shape index (κ3) is 5.62. The van der Waals surface area contributed by atoms with E-state index < -0.39 is 10.0 Å². The van der Waals surface area contributed by atoms with Gasteiger partial charge in [-0.2, -0.15) is 4.31 Å². The lowest BCUT2D eigenvalue weighted by molar-refractivity contribution is -0.116. The molecule has 2 aromatic carbocycles. The normalized spacial score (nSPS) is 15.5. The number of benzene rings is 2. The van der Waals surface area contributed by atoms with Crippen LogP contribution in [0.4, 0.5) is 5.69 Å². The molecule has 2 aromatic rings. The van der Waals surface area contributed by atoms with Gasteiger partial charge >= 0.3 is 0 Å². The minimum Gasteiger partial charge on any atom is -0.326 e. The smallest absolute Gasteiger partial charge is 0.243 e. The van der Waals surface area contributed by atoms with Crippen LogP contribution in [0, 0.1) is 20.8 Å². The number of anilines is 1. The average Bonchev–Trinajstić information content (AvgIpc) is 2.72. The van der Waals surface area contributed by atoms with Crippen molar-refractivity contribution in [2.24, 2.45) is 0 Å². The van der Waals surface area contributed by atoms with Crippen molar-refractivity contribution in [3.05, 3.63) is 58.7 Å². The molecule has 0 spiro atoms. The Labute approximate surface area is 190 Å². The molecule has 1 saturated heterocycles. The first-order chi connectivity index (χ1) is 15.1. The first kappa shape index (κ1) is 24.1. The molecule has 1 heterocycles. The molecule has 7 nitrogen and oxygen atoms in total. The fraction of sp³-hybridized carbons (Fsp3) is 0.417. The number of carbonyl (C=O) groups excluding carboxylic acids is 2. The second kappa shape index (κ2) is 9.94. The fourth-order valence-electron chi connectivity index (χ4n) is 4.17. The number of hydrogen-bond donors (Lipinski definition) is 1. The molecule has 172 valence electrons. The maximum atomic E-state index is 13.2. The third-order valence-corrected chi connectivity index (χ3v) is 7.97. The average molecular weight is 458 g/mol. The standard InChI is InChI=1S/C24H31N3O4S/c1-17-15-18(2)24(19(3)16-17)32(30,31)27-13-11-26(12-14-27)10-9-23(29)25-22-7-5-21(6-8-22)20(4)28/h5-8,15-16H,9-14H2,1-4H3,(H,25,29). The highest BCUT2D eigenvalue weighted by Gasteiger charge is 2.30. The summed E-state index contributed by atoms with van der Waals surface area (Å²) >= 11 is 0. The van der Waals surface area contributed by atoms with Gasteiger partial charge in [0, 0.05) is 50.4 Å². The molecule has 3 rings (SSSR count). The number of rotatable bonds is 7. The van der Waals surface area contributed by atoms with Crippen LogP contribution < -0.4 is 5.32 Å². The topological polar surface area (TPSA) is 86.8 Å². The van der Waals surface area contributed by atoms with Crippen LogP contribution in [0.5, 0.6) is 0 Å². The van der Waals surface area contributed by atoms with Gasteiger partial charge in [-0.25, -0.2) is 8.42 Å². The Bertz CT molecular complexity index is 1080. The van der Waals surface area contributed by atoms with Crippen molar-refractivity contribution in [3.63, 3.8) is 0 Å². The number of amides is 1. The maximum absolute atomic E-state index is 13.2. The molecule has 1 aliphatic rings. The van der Waals surface area contributed by atoms with E-state index in [0.717, 1.165) is 16.7 Å². The molecule has 8 heteroatoms. The molecule has 1 N–H and O–H groups in total. The number of nitrogens with one attached hydrogen (secondary N) is 1. The van der Waals surface area contributed by atoms with E-state index >= 15 is 0 Å². The van der Waals surface area contributed by atoms with Gasteiger partial charge in [-0.05, 0) is 63.1 Å². The Morgan fingerprint density at radius 2 is 1.50 bits per heavy atom. The van der Waals surface area contributed by atoms with Crippen LogP contribution in [-0.2, 0) is 14.8 Å². The second-order valence-corrected chi connectivity index (χ2v) is 10.3. The van der Waals surface area contributed by atoms with E-state index in [2.05, 4.69) is 10.2 Å². The predicted octanol–water partition coefficient (Wildman–Crippen LogP) is 3.15. The van der Waals surface area contributed by atoms with Gasteiger partial charge in [0.15, 0.2) is 5.78 Å². The van der Waals surface area contributed by atoms with Crippen LogP contribution in [0.15, 0.2) is 41.3 Å². The van der Waals surface area contributed by atoms with E-state index in [1.807, 2.05) is 32.9 Å². The first-order valence-electron chi connectivity index (χ1n) is 10.8. The molecule has 0 aromatic heterocycles. The number of piperazine rings is 1. The molecular weight excluding hydrogens is 426 g/mol. The van der Waals surface area contributed by atoms with E-state index in [1.165, 1.54) is 6.92 Å². The number of nitrogens with zero attached hydrogens (tertiary/aromatic N) is 2. The van der Waals surface area contributed by atoms with Crippen molar-refractivity contribution in [1.29, 1.82) is 0 Å². The van der Waals surface area contributed by atoms with Gasteiger partial charge in [-0.15, -0.1) is 0 Å². The highest BCUT2D eigenvalue weighted by Crippen LogP contribution is 2.26. The maximum Gasteiger partial charge on any atom is 0.243 e. The lowest BCUT2D eigenvalue weighted by atomic mass is 10.1. The molecule has 0 unspecified atom stereocenters. The number of aryl methyl sites for hydroxylation is 3. The van der Waals surface area contributed by atoms with Crippen molar-refractivity contribution in [3.8, 4) is 0 Å². The van der Waals surface area contributed by atoms with Crippen molar-refractivity contribution in [1.82, 2.24) is 9.21 Å². The van der Waals surface area contributed by atoms with Crippen LogP contribution in [0.3, 0.4) is 0 Å². The van der Waals surface area contributed by atoms with Gasteiger partial charge in [0.05, 0.1) is 4.90 Å². The zero-order valence-electron chi connectivity index (χ0n) is 19.1. The summed E-state index contributed by atoms with van der Waals surface area (Å²) in [6.07, 6.45) is 0.317. The van der Waals surface area contributed by atoms with Gasteiger partial charge in [-0.1, -0.05) is 17.7 Å². The summed E-state index contributed by atoms with van der Waals surface area (Å²) in [4.78, 5) is 26.1. The van der Waals surface area contributed by atoms with Crippen LogP contribution in [0.25, 0.3) is 0 Å². The molecule has 1 fully saturated rings. The Morgan fingerprint density at radius 3 is 2.03 bits per heavy atom. The Hall–Kier alpha value is -2.55. The number of sulfonamides is 1. The van der Waals surface area contributed by atoms with Gasteiger partial charge in [-0.3, -0.25) is 9.59 Å². The van der Waals surface area contributed by atoms with E-state index in [0.29, 0.717) is 55.3 Å². The Balaban J connectivity index is 1.51. The first-order valence-corrected chi connectivity index (χ1v) is 12.2. The summed E-state index contributed by atoms with van der Waals surface area (Å²) in [5.41, 5.74) is 3.86. The van der Waals surface area contributed by atoms with Gasteiger partial charge in [0.25, 0.3) is 0 Å². The van der Waals surface area contributed by atoms with Crippen molar-refractivity contribution in [2.75, 3.05) is 38.0 Å². The molecule has 0 atom stereocenters. The summed E-state index contributed by atoms with van der Waals surface area (Å²) in [6, 6.07) is 10.6. The zero-order valence-corrected chi connectivity index (χ0v) is 20.0. The van der Waals surface area contributed by atoms with Crippen LogP contribution in [0.2, 0.25) is 0 Å².